The highest BCUT2D eigenvalue weighted by molar-refractivity contribution is 7.10. The minimum Gasteiger partial charge on any atom is -0.452 e. The van der Waals surface area contributed by atoms with Crippen LogP contribution in [0.4, 0.5) is 5.00 Å². The Kier molecular flexibility index (Phi) is 6.31. The molecule has 2 aromatic rings. The molecule has 0 unspecified atom stereocenters. The summed E-state index contributed by atoms with van der Waals surface area (Å²) in [7, 11) is 1.71. The summed E-state index contributed by atoms with van der Waals surface area (Å²) in [6.07, 6.45) is 0. The van der Waals surface area contributed by atoms with Crippen LogP contribution in [0.5, 0.6) is 0 Å². The summed E-state index contributed by atoms with van der Waals surface area (Å²) in [5.74, 6) is -0.681. The number of ether oxygens (including phenoxy) is 1. The molecular formula is C17H21N3O3S. The molecule has 24 heavy (non-hydrogen) atoms. The fraction of sp³-hybridized carbons (Fsp3) is 0.353. The third-order valence-corrected chi connectivity index (χ3v) is 4.56. The number of carbonyl (C=O) groups is 2. The van der Waals surface area contributed by atoms with Crippen molar-refractivity contribution < 1.29 is 14.3 Å². The van der Waals surface area contributed by atoms with Crippen molar-refractivity contribution in [2.45, 2.75) is 19.8 Å². The first-order valence-corrected chi connectivity index (χ1v) is 8.43. The molecule has 1 aromatic carbocycles. The first kappa shape index (κ1) is 17.9. The van der Waals surface area contributed by atoms with Gasteiger partial charge in [0.05, 0.1) is 5.69 Å². The molecular weight excluding hydrogens is 326 g/mol. The van der Waals surface area contributed by atoms with E-state index in [2.05, 4.69) is 15.0 Å². The van der Waals surface area contributed by atoms with Gasteiger partial charge < -0.3 is 15.4 Å². The van der Waals surface area contributed by atoms with Crippen molar-refractivity contribution in [3.8, 4) is 0 Å². The van der Waals surface area contributed by atoms with Crippen LogP contribution in [0.15, 0.2) is 30.3 Å². The highest BCUT2D eigenvalue weighted by atomic mass is 32.1. The number of hydrogen-bond donors (Lipinski definition) is 2. The molecule has 0 aliphatic heterocycles. The lowest BCUT2D eigenvalue weighted by Crippen LogP contribution is -2.31. The number of amides is 1. The maximum Gasteiger partial charge on any atom is 0.343 e. The molecule has 0 radical (unpaired) electrons. The quantitative estimate of drug-likeness (QED) is 0.753. The SMILES string of the molecule is CNc1snc(C)c1C(=O)OCC(=O)NC[C@@H](C)c1ccccc1. The number of carbonyl (C=O) groups excluding carboxylic acids is 2. The van der Waals surface area contributed by atoms with Gasteiger partial charge in [0.2, 0.25) is 0 Å². The predicted octanol–water partition coefficient (Wildman–Crippen LogP) is 2.57. The number of nitrogens with one attached hydrogen (secondary N) is 2. The van der Waals surface area contributed by atoms with E-state index in [4.69, 9.17) is 4.74 Å². The molecule has 2 rings (SSSR count). The number of hydrogen-bond acceptors (Lipinski definition) is 6. The van der Waals surface area contributed by atoms with Crippen molar-refractivity contribution in [1.82, 2.24) is 9.69 Å². The molecule has 2 N–H and O–H groups in total. The standard InChI is InChI=1S/C17H21N3O3S/c1-11(13-7-5-4-6-8-13)9-19-14(21)10-23-17(22)15-12(2)20-24-16(15)18-3/h4-8,11,18H,9-10H2,1-3H3,(H,19,21)/t11-/m1/s1. The van der Waals surface area contributed by atoms with E-state index in [1.807, 2.05) is 37.3 Å². The summed E-state index contributed by atoms with van der Waals surface area (Å²) in [5, 5.41) is 6.31. The van der Waals surface area contributed by atoms with Crippen molar-refractivity contribution in [3.63, 3.8) is 0 Å². The molecule has 6 nitrogen and oxygen atoms in total. The fourth-order valence-corrected chi connectivity index (χ4v) is 2.93. The van der Waals surface area contributed by atoms with Crippen molar-refractivity contribution in [2.75, 3.05) is 25.5 Å². The van der Waals surface area contributed by atoms with E-state index >= 15 is 0 Å². The topological polar surface area (TPSA) is 80.3 Å². The number of benzene rings is 1. The lowest BCUT2D eigenvalue weighted by molar-refractivity contribution is -0.124. The molecule has 1 atom stereocenters. The van der Waals surface area contributed by atoms with Crippen LogP contribution < -0.4 is 10.6 Å². The summed E-state index contributed by atoms with van der Waals surface area (Å²) < 4.78 is 9.19. The monoisotopic (exact) mass is 347 g/mol. The molecule has 1 amide bonds. The van der Waals surface area contributed by atoms with Crippen LogP contribution in [-0.4, -0.2) is 36.4 Å². The Labute approximate surface area is 145 Å². The van der Waals surface area contributed by atoms with Gasteiger partial charge in [-0.05, 0) is 29.9 Å². The maximum absolute atomic E-state index is 12.1. The Morgan fingerprint density at radius 2 is 2.00 bits per heavy atom. The number of aryl methyl sites for hydroxylation is 1. The summed E-state index contributed by atoms with van der Waals surface area (Å²) >= 11 is 1.19. The summed E-state index contributed by atoms with van der Waals surface area (Å²) in [6.45, 7) is 3.94. The average molecular weight is 347 g/mol. The van der Waals surface area contributed by atoms with Crippen LogP contribution in [0.2, 0.25) is 0 Å². The van der Waals surface area contributed by atoms with Gasteiger partial charge in [-0.25, -0.2) is 4.79 Å². The van der Waals surface area contributed by atoms with Gasteiger partial charge in [0.15, 0.2) is 6.61 Å². The zero-order valence-corrected chi connectivity index (χ0v) is 14.8. The van der Waals surface area contributed by atoms with Gasteiger partial charge in [-0.1, -0.05) is 37.3 Å². The number of aromatic nitrogens is 1. The number of nitrogens with zero attached hydrogens (tertiary/aromatic N) is 1. The molecule has 128 valence electrons. The van der Waals surface area contributed by atoms with Crippen molar-refractivity contribution in [2.24, 2.45) is 0 Å². The normalized spacial score (nSPS) is 11.6. The van der Waals surface area contributed by atoms with E-state index in [1.54, 1.807) is 14.0 Å². The molecule has 0 fully saturated rings. The van der Waals surface area contributed by atoms with Crippen LogP contribution in [0, 0.1) is 6.92 Å². The third-order valence-electron chi connectivity index (χ3n) is 3.60. The molecule has 7 heteroatoms. The van der Waals surface area contributed by atoms with Crippen LogP contribution in [0.3, 0.4) is 0 Å². The molecule has 0 aliphatic carbocycles. The second-order valence-corrected chi connectivity index (χ2v) is 6.19. The lowest BCUT2D eigenvalue weighted by atomic mass is 10.0. The number of anilines is 1. The number of esters is 1. The van der Waals surface area contributed by atoms with Crippen molar-refractivity contribution in [3.05, 3.63) is 47.2 Å². The molecule has 0 saturated carbocycles. The van der Waals surface area contributed by atoms with Gasteiger partial charge in [-0.3, -0.25) is 4.79 Å². The van der Waals surface area contributed by atoms with Crippen LogP contribution in [0.1, 0.15) is 34.5 Å². The largest absolute Gasteiger partial charge is 0.452 e. The Morgan fingerprint density at radius 1 is 1.29 bits per heavy atom. The van der Waals surface area contributed by atoms with Crippen LogP contribution >= 0.6 is 11.5 Å². The summed E-state index contributed by atoms with van der Waals surface area (Å²) in [4.78, 5) is 24.0. The van der Waals surface area contributed by atoms with E-state index in [0.717, 1.165) is 5.56 Å². The fourth-order valence-electron chi connectivity index (χ4n) is 2.20. The molecule has 0 aliphatic rings. The smallest absolute Gasteiger partial charge is 0.343 e. The molecule has 0 spiro atoms. The number of rotatable bonds is 7. The highest BCUT2D eigenvalue weighted by Gasteiger charge is 2.20. The highest BCUT2D eigenvalue weighted by Crippen LogP contribution is 2.24. The first-order valence-electron chi connectivity index (χ1n) is 7.65. The summed E-state index contributed by atoms with van der Waals surface area (Å²) in [6, 6.07) is 9.91. The minimum absolute atomic E-state index is 0.185. The van der Waals surface area contributed by atoms with Crippen molar-refractivity contribution >= 4 is 28.4 Å². The molecule has 0 bridgehead atoms. The maximum atomic E-state index is 12.1. The van der Waals surface area contributed by atoms with E-state index in [1.165, 1.54) is 11.5 Å². The molecule has 1 heterocycles. The van der Waals surface area contributed by atoms with E-state index < -0.39 is 5.97 Å². The van der Waals surface area contributed by atoms with Crippen LogP contribution in [0.25, 0.3) is 0 Å². The second-order valence-electron chi connectivity index (χ2n) is 5.41. The zero-order chi connectivity index (χ0) is 17.5. The second kappa shape index (κ2) is 8.44. The average Bonchev–Trinajstić information content (AvgIpc) is 2.99. The van der Waals surface area contributed by atoms with Gasteiger partial charge in [0.1, 0.15) is 10.6 Å². The van der Waals surface area contributed by atoms with Gasteiger partial charge in [-0.2, -0.15) is 4.37 Å². The van der Waals surface area contributed by atoms with E-state index in [-0.39, 0.29) is 18.4 Å². The Bertz CT molecular complexity index is 700. The molecule has 1 aromatic heterocycles. The van der Waals surface area contributed by atoms with Gasteiger partial charge in [0.25, 0.3) is 5.91 Å². The van der Waals surface area contributed by atoms with E-state index in [9.17, 15) is 9.59 Å². The van der Waals surface area contributed by atoms with Gasteiger partial charge in [-0.15, -0.1) is 0 Å². The van der Waals surface area contributed by atoms with E-state index in [0.29, 0.717) is 22.8 Å². The van der Waals surface area contributed by atoms with Gasteiger partial charge >= 0.3 is 5.97 Å². The minimum atomic E-state index is -0.545. The first-order chi connectivity index (χ1) is 11.5. The Morgan fingerprint density at radius 3 is 2.67 bits per heavy atom. The van der Waals surface area contributed by atoms with Crippen molar-refractivity contribution in [1.29, 1.82) is 0 Å². The predicted molar refractivity (Wildman–Crippen MR) is 94.5 cm³/mol. The van der Waals surface area contributed by atoms with Crippen LogP contribution in [-0.2, 0) is 9.53 Å². The van der Waals surface area contributed by atoms with Gasteiger partial charge in [0, 0.05) is 13.6 Å². The summed E-state index contributed by atoms with van der Waals surface area (Å²) in [5.41, 5.74) is 2.12. The molecule has 0 saturated heterocycles. The lowest BCUT2D eigenvalue weighted by Gasteiger charge is -2.13. The third kappa shape index (κ3) is 4.55. The Balaban J connectivity index is 1.81. The zero-order valence-electron chi connectivity index (χ0n) is 14.0. The Hall–Kier alpha value is -2.41.